The van der Waals surface area contributed by atoms with Crippen LogP contribution in [0, 0.1) is 5.92 Å². The van der Waals surface area contributed by atoms with Crippen LogP contribution in [0.3, 0.4) is 0 Å². The van der Waals surface area contributed by atoms with E-state index in [0.29, 0.717) is 11.1 Å². The van der Waals surface area contributed by atoms with Gasteiger partial charge in [-0.05, 0) is 30.9 Å². The Kier molecular flexibility index (Phi) is 18.0. The number of alkyl carbamates (subject to hydrolysis) is 1. The molecule has 4 atom stereocenters. The fourth-order valence-corrected chi connectivity index (χ4v) is 5.23. The predicted octanol–water partition coefficient (Wildman–Crippen LogP) is 2.62. The molecule has 0 spiro atoms. The van der Waals surface area contributed by atoms with Gasteiger partial charge in [-0.2, -0.15) is 0 Å². The number of esters is 2. The van der Waals surface area contributed by atoms with Crippen molar-refractivity contribution in [1.29, 1.82) is 0 Å². The number of sulfone groups is 1. The van der Waals surface area contributed by atoms with Gasteiger partial charge in [-0.1, -0.05) is 87.5 Å². The molecule has 16 heteroatoms. The second kappa shape index (κ2) is 21.9. The topological polar surface area (TPSA) is 212 Å². The van der Waals surface area contributed by atoms with Crippen LogP contribution in [0.25, 0.3) is 0 Å². The molecule has 0 aliphatic heterocycles. The Morgan fingerprint density at radius 2 is 1.27 bits per heavy atom. The molecule has 4 N–H and O–H groups in total. The molecule has 0 bridgehead atoms. The maximum Gasteiger partial charge on any atom is 0.408 e. The Morgan fingerprint density at radius 3 is 1.83 bits per heavy atom. The van der Waals surface area contributed by atoms with Gasteiger partial charge in [-0.15, -0.1) is 0 Å². The second-order valence-corrected chi connectivity index (χ2v) is 13.9. The first-order valence-corrected chi connectivity index (χ1v) is 18.6. The zero-order valence-electron chi connectivity index (χ0n) is 30.0. The summed E-state index contributed by atoms with van der Waals surface area (Å²) >= 11 is 0. The number of hydrogen-bond donors (Lipinski definition) is 4. The number of ether oxygens (including phenoxy) is 3. The smallest absolute Gasteiger partial charge is 0.408 e. The lowest BCUT2D eigenvalue weighted by Gasteiger charge is -2.27. The maximum atomic E-state index is 13.9. The molecule has 0 saturated heterocycles. The van der Waals surface area contributed by atoms with Crippen molar-refractivity contribution < 1.29 is 51.4 Å². The molecule has 284 valence electrons. The summed E-state index contributed by atoms with van der Waals surface area (Å²) in [6.45, 7) is 7.90. The molecule has 0 heterocycles. The van der Waals surface area contributed by atoms with Crippen molar-refractivity contribution >= 4 is 45.6 Å². The van der Waals surface area contributed by atoms with Crippen LogP contribution in [0.4, 0.5) is 4.79 Å². The van der Waals surface area contributed by atoms with Gasteiger partial charge in [-0.3, -0.25) is 24.0 Å². The lowest BCUT2D eigenvalue weighted by atomic mass is 10.00. The van der Waals surface area contributed by atoms with Gasteiger partial charge in [0.05, 0.1) is 37.9 Å². The minimum absolute atomic E-state index is 0.0180. The summed E-state index contributed by atoms with van der Waals surface area (Å²) in [6, 6.07) is 11.6. The van der Waals surface area contributed by atoms with Crippen LogP contribution >= 0.6 is 0 Å². The molecule has 52 heavy (non-hydrogen) atoms. The highest BCUT2D eigenvalue weighted by Crippen LogP contribution is 2.16. The zero-order chi connectivity index (χ0) is 38.7. The molecule has 0 radical (unpaired) electrons. The van der Waals surface area contributed by atoms with Crippen LogP contribution < -0.4 is 21.3 Å². The molecule has 4 amide bonds. The van der Waals surface area contributed by atoms with E-state index in [1.54, 1.807) is 88.4 Å². The highest BCUT2D eigenvalue weighted by Gasteiger charge is 2.33. The average molecular weight is 745 g/mol. The number of hydrogen-bond acceptors (Lipinski definition) is 11. The van der Waals surface area contributed by atoms with Crippen LogP contribution in [-0.4, -0.2) is 81.3 Å². The highest BCUT2D eigenvalue weighted by atomic mass is 32.2. The van der Waals surface area contributed by atoms with E-state index in [1.165, 1.54) is 13.0 Å². The van der Waals surface area contributed by atoms with Crippen molar-refractivity contribution in [2.75, 3.05) is 19.0 Å². The minimum Gasteiger partial charge on any atom is -0.466 e. The molecule has 2 rings (SSSR count). The molecular weight excluding hydrogens is 696 g/mol. The highest BCUT2D eigenvalue weighted by molar-refractivity contribution is 7.94. The van der Waals surface area contributed by atoms with Gasteiger partial charge in [0.1, 0.15) is 24.7 Å². The molecule has 0 saturated carbocycles. The first kappa shape index (κ1) is 42.9. The summed E-state index contributed by atoms with van der Waals surface area (Å²) < 4.78 is 39.4. The van der Waals surface area contributed by atoms with E-state index < -0.39 is 82.1 Å². The normalized spacial score (nSPS) is 13.6. The van der Waals surface area contributed by atoms with Crippen LogP contribution in [0.15, 0.2) is 72.1 Å². The fourth-order valence-electron chi connectivity index (χ4n) is 4.61. The average Bonchev–Trinajstić information content (AvgIpc) is 3.11. The fraction of sp³-hybridized carbons (Fsp3) is 0.444. The largest absolute Gasteiger partial charge is 0.466 e. The third kappa shape index (κ3) is 15.3. The molecule has 0 aromatic heterocycles. The standard InChI is InChI=1S/C36H48N4O11S/c1-6-49-29(41)21-27(19-20-52(47,48)8-3)37-34(44)31(24(4)5)39-35(45)32(26-17-13-10-14-18-26)40-33(43)28(22-30(42)50-7-2)38-36(46)51-23-25-15-11-9-12-16-25/h9-20,24,27-28,31-32H,6-8,21-23H2,1-5H3,(H,37,44)(H,38,46)(H,39,45)(H,40,43)/b20-19+/t27-,28+,31+,32+/m1/s1. The van der Waals surface area contributed by atoms with E-state index in [9.17, 15) is 37.2 Å². The molecule has 0 aliphatic carbocycles. The number of nitrogens with one attached hydrogen (secondary N) is 4. The van der Waals surface area contributed by atoms with E-state index in [0.717, 1.165) is 5.41 Å². The quantitative estimate of drug-likeness (QED) is 0.114. The summed E-state index contributed by atoms with van der Waals surface area (Å²) in [5, 5.41) is 11.1. The van der Waals surface area contributed by atoms with Crippen molar-refractivity contribution in [2.24, 2.45) is 5.92 Å². The lowest BCUT2D eigenvalue weighted by molar-refractivity contribution is -0.145. The zero-order valence-corrected chi connectivity index (χ0v) is 30.8. The van der Waals surface area contributed by atoms with E-state index in [1.807, 2.05) is 0 Å². The van der Waals surface area contributed by atoms with Gasteiger partial charge in [0.25, 0.3) is 0 Å². The summed E-state index contributed by atoms with van der Waals surface area (Å²) in [5.74, 6) is -4.68. The van der Waals surface area contributed by atoms with Crippen LogP contribution in [0.2, 0.25) is 0 Å². The van der Waals surface area contributed by atoms with Gasteiger partial charge in [0.2, 0.25) is 17.7 Å². The van der Waals surface area contributed by atoms with Crippen molar-refractivity contribution in [1.82, 2.24) is 21.3 Å². The SMILES string of the molecule is CCOC(=O)C[C@@H](/C=C/S(=O)(=O)CC)NC(=O)[C@@H](NC(=O)[C@@H](NC(=O)[C@H](CC(=O)OCC)NC(=O)OCc1ccccc1)c1ccccc1)C(C)C. The molecule has 0 fully saturated rings. The monoisotopic (exact) mass is 744 g/mol. The van der Waals surface area contributed by atoms with Crippen molar-refractivity contribution in [3.63, 3.8) is 0 Å². The third-order valence-electron chi connectivity index (χ3n) is 7.37. The molecule has 15 nitrogen and oxygen atoms in total. The Balaban J connectivity index is 2.33. The Labute approximate surface area is 304 Å². The van der Waals surface area contributed by atoms with Gasteiger partial charge in [0, 0.05) is 5.41 Å². The molecule has 0 aliphatic rings. The summed E-state index contributed by atoms with van der Waals surface area (Å²) in [6.07, 6.45) is -0.784. The van der Waals surface area contributed by atoms with Gasteiger partial charge < -0.3 is 35.5 Å². The van der Waals surface area contributed by atoms with Gasteiger partial charge in [0.15, 0.2) is 9.84 Å². The van der Waals surface area contributed by atoms with Crippen molar-refractivity contribution in [3.05, 3.63) is 83.3 Å². The summed E-state index contributed by atoms with van der Waals surface area (Å²) in [5.41, 5.74) is 0.994. The van der Waals surface area contributed by atoms with Gasteiger partial charge in [-0.25, -0.2) is 13.2 Å². The number of benzene rings is 2. The van der Waals surface area contributed by atoms with E-state index in [-0.39, 0.29) is 32.0 Å². The summed E-state index contributed by atoms with van der Waals surface area (Å²) in [4.78, 5) is 78.5. The summed E-state index contributed by atoms with van der Waals surface area (Å²) in [7, 11) is -3.61. The number of rotatable bonds is 20. The van der Waals surface area contributed by atoms with Crippen LogP contribution in [-0.2, 0) is 54.6 Å². The predicted molar refractivity (Wildman–Crippen MR) is 191 cm³/mol. The van der Waals surface area contributed by atoms with Gasteiger partial charge >= 0.3 is 18.0 Å². The van der Waals surface area contributed by atoms with E-state index >= 15 is 0 Å². The Bertz CT molecular complexity index is 1630. The first-order chi connectivity index (χ1) is 24.7. The maximum absolute atomic E-state index is 13.9. The van der Waals surface area contributed by atoms with E-state index in [4.69, 9.17) is 14.2 Å². The number of carbonyl (C=O) groups excluding carboxylic acids is 6. The van der Waals surface area contributed by atoms with Crippen LogP contribution in [0.5, 0.6) is 0 Å². The Hall–Kier alpha value is -5.25. The number of amides is 4. The second-order valence-electron chi connectivity index (χ2n) is 11.8. The molecular formula is C36H48N4O11S. The molecule has 2 aromatic carbocycles. The third-order valence-corrected chi connectivity index (χ3v) is 8.74. The minimum atomic E-state index is -3.61. The Morgan fingerprint density at radius 1 is 0.692 bits per heavy atom. The number of carbonyl (C=O) groups is 6. The van der Waals surface area contributed by atoms with Crippen molar-refractivity contribution in [3.8, 4) is 0 Å². The lowest BCUT2D eigenvalue weighted by Crippen LogP contribution is -2.56. The van der Waals surface area contributed by atoms with Crippen molar-refractivity contribution in [2.45, 2.75) is 78.2 Å². The molecule has 0 unspecified atom stereocenters. The van der Waals surface area contributed by atoms with E-state index in [2.05, 4.69) is 21.3 Å². The van der Waals surface area contributed by atoms with Crippen LogP contribution in [0.1, 0.15) is 64.6 Å². The first-order valence-electron chi connectivity index (χ1n) is 16.8. The molecule has 2 aromatic rings.